The van der Waals surface area contributed by atoms with Crippen molar-refractivity contribution in [3.05, 3.63) is 30.1 Å². The van der Waals surface area contributed by atoms with Gasteiger partial charge in [0.1, 0.15) is 5.82 Å². The Labute approximate surface area is 191 Å². The van der Waals surface area contributed by atoms with Crippen molar-refractivity contribution in [3.63, 3.8) is 0 Å². The first kappa shape index (κ1) is 24.1. The van der Waals surface area contributed by atoms with E-state index in [1.54, 1.807) is 13.2 Å². The zero-order valence-corrected chi connectivity index (χ0v) is 20.0. The van der Waals surface area contributed by atoms with Gasteiger partial charge in [-0.3, -0.25) is 4.99 Å². The van der Waals surface area contributed by atoms with Gasteiger partial charge in [-0.15, -0.1) is 24.0 Å². The van der Waals surface area contributed by atoms with Gasteiger partial charge in [0.05, 0.1) is 12.3 Å². The molecule has 0 amide bonds. The number of nitrogens with zero attached hydrogens (tertiary/aromatic N) is 4. The average Bonchev–Trinajstić information content (AvgIpc) is 2.74. The summed E-state index contributed by atoms with van der Waals surface area (Å²) in [7, 11) is 3.61. The third-order valence-corrected chi connectivity index (χ3v) is 5.85. The van der Waals surface area contributed by atoms with Gasteiger partial charge in [0.15, 0.2) is 5.96 Å². The normalized spacial score (nSPS) is 19.2. The maximum Gasteiger partial charge on any atom is 0.193 e. The molecular formula is C21H35FIN5O. The Hall–Kier alpha value is -1.13. The quantitative estimate of drug-likeness (QED) is 0.356. The lowest BCUT2D eigenvalue weighted by Gasteiger charge is -2.38. The molecule has 0 saturated carbocycles. The van der Waals surface area contributed by atoms with Crippen LogP contribution in [0.2, 0.25) is 0 Å². The molecule has 164 valence electrons. The van der Waals surface area contributed by atoms with Crippen LogP contribution in [-0.2, 0) is 4.74 Å². The van der Waals surface area contributed by atoms with Crippen LogP contribution in [0, 0.1) is 11.7 Å². The number of piperidine rings is 1. The zero-order valence-electron chi connectivity index (χ0n) is 17.6. The highest BCUT2D eigenvalue weighted by Crippen LogP contribution is 2.20. The van der Waals surface area contributed by atoms with Gasteiger partial charge in [-0.25, -0.2) is 4.39 Å². The molecule has 1 aromatic carbocycles. The van der Waals surface area contributed by atoms with Crippen LogP contribution in [0.25, 0.3) is 0 Å². The van der Waals surface area contributed by atoms with Gasteiger partial charge in [0, 0.05) is 53.4 Å². The van der Waals surface area contributed by atoms with Gasteiger partial charge in [-0.1, -0.05) is 12.1 Å². The Balaban J connectivity index is 0.00000300. The summed E-state index contributed by atoms with van der Waals surface area (Å²) in [6, 6.07) is 7.02. The van der Waals surface area contributed by atoms with Crippen molar-refractivity contribution in [2.45, 2.75) is 12.8 Å². The summed E-state index contributed by atoms with van der Waals surface area (Å²) in [5.41, 5.74) is 0.699. The number of rotatable bonds is 6. The summed E-state index contributed by atoms with van der Waals surface area (Å²) >= 11 is 0. The molecule has 8 heteroatoms. The summed E-state index contributed by atoms with van der Waals surface area (Å²) in [6.07, 6.45) is 2.43. The number of anilines is 1. The number of hydrogen-bond donors (Lipinski definition) is 1. The average molecular weight is 519 g/mol. The van der Waals surface area contributed by atoms with Crippen LogP contribution >= 0.6 is 24.0 Å². The van der Waals surface area contributed by atoms with E-state index >= 15 is 0 Å². The van der Waals surface area contributed by atoms with Crippen molar-refractivity contribution in [1.29, 1.82) is 0 Å². The molecule has 3 rings (SSSR count). The van der Waals surface area contributed by atoms with Gasteiger partial charge in [-0.2, -0.15) is 0 Å². The Morgan fingerprint density at radius 1 is 1.14 bits per heavy atom. The first-order valence-corrected chi connectivity index (χ1v) is 10.4. The number of methoxy groups -OCH3 is 1. The molecule has 1 N–H and O–H groups in total. The van der Waals surface area contributed by atoms with Gasteiger partial charge in [0.2, 0.25) is 0 Å². The third kappa shape index (κ3) is 6.96. The van der Waals surface area contributed by atoms with E-state index in [0.717, 1.165) is 64.9 Å². The molecule has 2 fully saturated rings. The Morgan fingerprint density at radius 3 is 2.45 bits per heavy atom. The van der Waals surface area contributed by atoms with Gasteiger partial charge < -0.3 is 24.8 Å². The molecule has 2 aliphatic heterocycles. The fraction of sp³-hybridized carbons (Fsp3) is 0.667. The summed E-state index contributed by atoms with van der Waals surface area (Å²) in [4.78, 5) is 11.4. The van der Waals surface area contributed by atoms with Crippen LogP contribution in [0.3, 0.4) is 0 Å². The smallest absolute Gasteiger partial charge is 0.193 e. The monoisotopic (exact) mass is 519 g/mol. The van der Waals surface area contributed by atoms with Crippen molar-refractivity contribution >= 4 is 35.6 Å². The second kappa shape index (κ2) is 12.5. The van der Waals surface area contributed by atoms with E-state index in [0.29, 0.717) is 11.6 Å². The lowest BCUT2D eigenvalue weighted by Crippen LogP contribution is -2.53. The maximum atomic E-state index is 14.0. The summed E-state index contributed by atoms with van der Waals surface area (Å²) < 4.78 is 19.2. The molecule has 0 unspecified atom stereocenters. The van der Waals surface area contributed by atoms with E-state index < -0.39 is 0 Å². The molecule has 1 aromatic rings. The molecule has 2 heterocycles. The van der Waals surface area contributed by atoms with Gasteiger partial charge in [-0.05, 0) is 44.0 Å². The van der Waals surface area contributed by atoms with Crippen molar-refractivity contribution in [3.8, 4) is 0 Å². The highest BCUT2D eigenvalue weighted by molar-refractivity contribution is 14.0. The van der Waals surface area contributed by atoms with Crippen molar-refractivity contribution in [2.75, 3.05) is 78.0 Å². The number of piperazine rings is 1. The highest BCUT2D eigenvalue weighted by atomic mass is 127. The van der Waals surface area contributed by atoms with E-state index in [1.165, 1.54) is 18.9 Å². The first-order valence-electron chi connectivity index (χ1n) is 10.4. The fourth-order valence-electron chi connectivity index (χ4n) is 4.07. The van der Waals surface area contributed by atoms with E-state index in [-0.39, 0.29) is 29.8 Å². The molecule has 0 atom stereocenters. The van der Waals surface area contributed by atoms with Crippen LogP contribution in [0.15, 0.2) is 29.3 Å². The Morgan fingerprint density at radius 2 is 1.83 bits per heavy atom. The molecule has 0 bridgehead atoms. The van der Waals surface area contributed by atoms with Crippen molar-refractivity contribution in [2.24, 2.45) is 10.9 Å². The minimum Gasteiger partial charge on any atom is -0.383 e. The summed E-state index contributed by atoms with van der Waals surface area (Å²) in [5, 5.41) is 3.57. The van der Waals surface area contributed by atoms with Gasteiger partial charge >= 0.3 is 0 Å². The second-order valence-electron chi connectivity index (χ2n) is 7.63. The van der Waals surface area contributed by atoms with Crippen LogP contribution in [-0.4, -0.2) is 88.9 Å². The number of halogens is 2. The maximum absolute atomic E-state index is 14.0. The number of hydrogen-bond acceptors (Lipinski definition) is 4. The molecule has 0 aromatic heterocycles. The molecule has 29 heavy (non-hydrogen) atoms. The molecule has 0 radical (unpaired) electrons. The van der Waals surface area contributed by atoms with E-state index in [1.807, 2.05) is 19.2 Å². The lowest BCUT2D eigenvalue weighted by molar-refractivity contribution is 0.120. The fourth-order valence-corrected chi connectivity index (χ4v) is 4.07. The van der Waals surface area contributed by atoms with E-state index in [4.69, 9.17) is 4.74 Å². The van der Waals surface area contributed by atoms with E-state index in [2.05, 4.69) is 25.0 Å². The standard InChI is InChI=1S/C21H34FN5O.HI/c1-23-21(24-17-18-7-9-25(10-8-18)15-16-28-2)27-13-11-26(12-14-27)20-6-4-3-5-19(20)22;/h3-6,18H,7-17H2,1-2H3,(H,23,24);1H. The number of aliphatic imine (C=N–C) groups is 1. The lowest BCUT2D eigenvalue weighted by atomic mass is 9.97. The first-order chi connectivity index (χ1) is 13.7. The molecule has 0 spiro atoms. The largest absolute Gasteiger partial charge is 0.383 e. The molecule has 6 nitrogen and oxygen atoms in total. The number of likely N-dealkylation sites (tertiary alicyclic amines) is 1. The Bertz CT molecular complexity index is 631. The van der Waals surface area contributed by atoms with Crippen molar-refractivity contribution in [1.82, 2.24) is 15.1 Å². The van der Waals surface area contributed by atoms with Crippen LogP contribution < -0.4 is 10.2 Å². The summed E-state index contributed by atoms with van der Waals surface area (Å²) in [5.74, 6) is 1.51. The molecule has 2 aliphatic rings. The molecular weight excluding hydrogens is 484 g/mol. The summed E-state index contributed by atoms with van der Waals surface area (Å²) in [6.45, 7) is 8.43. The zero-order chi connectivity index (χ0) is 19.8. The molecule has 2 saturated heterocycles. The number of ether oxygens (including phenoxy) is 1. The number of guanidine groups is 1. The predicted octanol–water partition coefficient (Wildman–Crippen LogP) is 2.50. The minimum atomic E-state index is -0.143. The third-order valence-electron chi connectivity index (χ3n) is 5.85. The second-order valence-corrected chi connectivity index (χ2v) is 7.63. The highest BCUT2D eigenvalue weighted by Gasteiger charge is 2.23. The molecule has 0 aliphatic carbocycles. The van der Waals surface area contributed by atoms with E-state index in [9.17, 15) is 4.39 Å². The van der Waals surface area contributed by atoms with Crippen LogP contribution in [0.5, 0.6) is 0 Å². The topological polar surface area (TPSA) is 43.3 Å². The van der Waals surface area contributed by atoms with Crippen molar-refractivity contribution < 1.29 is 9.13 Å². The van der Waals surface area contributed by atoms with Gasteiger partial charge in [0.25, 0.3) is 0 Å². The SMILES string of the molecule is CN=C(NCC1CCN(CCOC)CC1)N1CCN(c2ccccc2F)CC1.I. The number of para-hydroxylation sites is 1. The Kier molecular flexibility index (Phi) is 10.4. The van der Waals surface area contributed by atoms with Crippen LogP contribution in [0.1, 0.15) is 12.8 Å². The number of benzene rings is 1. The minimum absolute atomic E-state index is 0. The van der Waals surface area contributed by atoms with Crippen LogP contribution in [0.4, 0.5) is 10.1 Å². The number of nitrogens with one attached hydrogen (secondary N) is 1. The predicted molar refractivity (Wildman–Crippen MR) is 128 cm³/mol.